The molecule has 0 aromatic heterocycles. The maximum atomic E-state index is 12.9. The van der Waals surface area contributed by atoms with Gasteiger partial charge in [0.2, 0.25) is 5.91 Å². The third kappa shape index (κ3) is 52.9. The number of aliphatic hydroxyl groups is 1. The van der Waals surface area contributed by atoms with E-state index in [9.17, 15) is 19.4 Å². The van der Waals surface area contributed by atoms with Crippen LogP contribution in [0.3, 0.4) is 0 Å². The topological polar surface area (TPSA) is 105 Å². The zero-order chi connectivity index (χ0) is 49.2. The van der Waals surface area contributed by atoms with Crippen LogP contribution in [0.4, 0.5) is 0 Å². The standard InChI is InChI=1S/C58H117N2O6P/c1-6-8-10-12-14-16-17-18-19-20-21-22-23-24-25-26-27-28-29-30-31-32-33-34-35-36-37-38-39-40-41-42-44-46-48-50-52-58(62)59-56(55-66-67(63,64)65-54-53-60(3,4)5)57(61)51-49-47-45-43-15-13-11-9-7-2/h49,51,56-57,61H,6-48,50,52-55H2,1-5H3,(H-,59,62,63,64)/p+1/b51-49+/t56-,57+/m0/s1. The summed E-state index contributed by atoms with van der Waals surface area (Å²) in [5.74, 6) is -0.173. The quantitative estimate of drug-likeness (QED) is 0.0243. The van der Waals surface area contributed by atoms with Crippen LogP contribution in [0.5, 0.6) is 0 Å². The second kappa shape index (κ2) is 50.2. The lowest BCUT2D eigenvalue weighted by Gasteiger charge is -2.25. The van der Waals surface area contributed by atoms with Crippen molar-refractivity contribution in [1.82, 2.24) is 5.32 Å². The fourth-order valence-corrected chi connectivity index (χ4v) is 9.84. The minimum atomic E-state index is -4.33. The van der Waals surface area contributed by atoms with Crippen molar-refractivity contribution >= 4 is 13.7 Å². The second-order valence-electron chi connectivity index (χ2n) is 21.7. The van der Waals surface area contributed by atoms with Crippen LogP contribution >= 0.6 is 7.82 Å². The van der Waals surface area contributed by atoms with E-state index in [1.807, 2.05) is 27.2 Å². The Bertz CT molecular complexity index is 1100. The van der Waals surface area contributed by atoms with Crippen molar-refractivity contribution in [3.63, 3.8) is 0 Å². The van der Waals surface area contributed by atoms with Crippen LogP contribution < -0.4 is 5.32 Å². The number of carbonyl (C=O) groups excluding carboxylic acids is 1. The second-order valence-corrected chi connectivity index (χ2v) is 23.2. The highest BCUT2D eigenvalue weighted by Gasteiger charge is 2.27. The lowest BCUT2D eigenvalue weighted by atomic mass is 10.0. The Morgan fingerprint density at radius 3 is 1.10 bits per heavy atom. The highest BCUT2D eigenvalue weighted by molar-refractivity contribution is 7.47. The minimum absolute atomic E-state index is 0.0645. The Morgan fingerprint density at radius 1 is 0.493 bits per heavy atom. The van der Waals surface area contributed by atoms with Gasteiger partial charge in [-0.25, -0.2) is 4.57 Å². The van der Waals surface area contributed by atoms with Gasteiger partial charge in [-0.3, -0.25) is 13.8 Å². The summed E-state index contributed by atoms with van der Waals surface area (Å²) in [7, 11) is 1.58. The summed E-state index contributed by atoms with van der Waals surface area (Å²) in [5.41, 5.74) is 0. The smallest absolute Gasteiger partial charge is 0.387 e. The van der Waals surface area contributed by atoms with Crippen LogP contribution in [0.15, 0.2) is 12.2 Å². The SMILES string of the molecule is CCCCCCCCC/C=C/[C@@H](O)[C@H](COP(=O)(O)OCC[N+](C)(C)C)NC(=O)CCCCCCCCCCCCCCCCCCCCCCCCCCCCCCCCCCCCCC. The first kappa shape index (κ1) is 66.2. The van der Waals surface area contributed by atoms with Crippen LogP contribution in [-0.2, 0) is 18.4 Å². The number of rotatable bonds is 55. The van der Waals surface area contributed by atoms with Crippen molar-refractivity contribution in [2.24, 2.45) is 0 Å². The third-order valence-corrected chi connectivity index (χ3v) is 14.7. The lowest BCUT2D eigenvalue weighted by Crippen LogP contribution is -2.45. The highest BCUT2D eigenvalue weighted by atomic mass is 31.2. The number of allylic oxidation sites excluding steroid dienone is 1. The molecule has 0 saturated heterocycles. The molecule has 0 saturated carbocycles. The highest BCUT2D eigenvalue weighted by Crippen LogP contribution is 2.43. The summed E-state index contributed by atoms with van der Waals surface area (Å²) < 4.78 is 23.6. The van der Waals surface area contributed by atoms with E-state index < -0.39 is 20.0 Å². The van der Waals surface area contributed by atoms with Crippen molar-refractivity contribution in [1.29, 1.82) is 0 Å². The van der Waals surface area contributed by atoms with Gasteiger partial charge < -0.3 is 19.8 Å². The number of aliphatic hydroxyl groups excluding tert-OH is 1. The summed E-state index contributed by atoms with van der Waals surface area (Å²) in [6.45, 7) is 4.82. The first-order valence-electron chi connectivity index (χ1n) is 29.6. The van der Waals surface area contributed by atoms with Gasteiger partial charge in [0.15, 0.2) is 0 Å². The molecule has 0 fully saturated rings. The molecule has 0 aliphatic rings. The van der Waals surface area contributed by atoms with Gasteiger partial charge in [0.1, 0.15) is 13.2 Å². The molecule has 0 radical (unpaired) electrons. The summed E-state index contributed by atoms with van der Waals surface area (Å²) in [4.78, 5) is 23.2. The summed E-state index contributed by atoms with van der Waals surface area (Å²) in [5, 5.41) is 13.8. The van der Waals surface area contributed by atoms with E-state index in [1.54, 1.807) is 6.08 Å². The van der Waals surface area contributed by atoms with Gasteiger partial charge in [-0.1, -0.05) is 289 Å². The Hall–Kier alpha value is -0.760. The Balaban J connectivity index is 3.80. The molecule has 1 unspecified atom stereocenters. The molecular weight excluding hydrogens is 852 g/mol. The number of hydrogen-bond acceptors (Lipinski definition) is 5. The molecule has 0 rings (SSSR count). The molecular formula is C58H118N2O6P+. The van der Waals surface area contributed by atoms with Gasteiger partial charge in [0.25, 0.3) is 0 Å². The van der Waals surface area contributed by atoms with Crippen LogP contribution in [0.25, 0.3) is 0 Å². The number of hydrogen-bond donors (Lipinski definition) is 3. The summed E-state index contributed by atoms with van der Waals surface area (Å²) >= 11 is 0. The fraction of sp³-hybridized carbons (Fsp3) is 0.948. The normalized spacial score (nSPS) is 14.0. The van der Waals surface area contributed by atoms with Gasteiger partial charge in [0, 0.05) is 6.42 Å². The summed E-state index contributed by atoms with van der Waals surface area (Å²) in [6.07, 6.45) is 62.2. The number of amides is 1. The van der Waals surface area contributed by atoms with Crippen LogP contribution in [0, 0.1) is 0 Å². The Labute approximate surface area is 418 Å². The zero-order valence-electron chi connectivity index (χ0n) is 45.7. The van der Waals surface area contributed by atoms with E-state index in [0.717, 1.165) is 38.5 Å². The molecule has 3 atom stereocenters. The Morgan fingerprint density at radius 2 is 0.791 bits per heavy atom. The van der Waals surface area contributed by atoms with E-state index in [4.69, 9.17) is 9.05 Å². The molecule has 0 aromatic rings. The number of carbonyl (C=O) groups is 1. The van der Waals surface area contributed by atoms with Crippen LogP contribution in [-0.4, -0.2) is 73.4 Å². The molecule has 0 aromatic carbocycles. The molecule has 400 valence electrons. The number of nitrogens with one attached hydrogen (secondary N) is 1. The molecule has 0 aliphatic heterocycles. The molecule has 1 amide bonds. The van der Waals surface area contributed by atoms with Crippen molar-refractivity contribution in [3.05, 3.63) is 12.2 Å². The van der Waals surface area contributed by atoms with Gasteiger partial charge in [-0.2, -0.15) is 0 Å². The maximum Gasteiger partial charge on any atom is 0.472 e. The van der Waals surface area contributed by atoms with Crippen LogP contribution in [0.1, 0.15) is 303 Å². The van der Waals surface area contributed by atoms with E-state index >= 15 is 0 Å². The van der Waals surface area contributed by atoms with Gasteiger partial charge >= 0.3 is 7.82 Å². The minimum Gasteiger partial charge on any atom is -0.387 e. The average molecular weight is 971 g/mol. The average Bonchev–Trinajstić information content (AvgIpc) is 3.29. The van der Waals surface area contributed by atoms with Crippen molar-refractivity contribution in [2.75, 3.05) is 40.9 Å². The third-order valence-electron chi connectivity index (χ3n) is 13.8. The van der Waals surface area contributed by atoms with Gasteiger partial charge in [-0.05, 0) is 19.3 Å². The fourth-order valence-electron chi connectivity index (χ4n) is 9.10. The molecule has 0 bridgehead atoms. The predicted molar refractivity (Wildman–Crippen MR) is 291 cm³/mol. The van der Waals surface area contributed by atoms with Crippen molar-refractivity contribution < 1.29 is 32.9 Å². The molecule has 8 nitrogen and oxygen atoms in total. The number of likely N-dealkylation sites (N-methyl/N-ethyl adjacent to an activating group) is 1. The van der Waals surface area contributed by atoms with Gasteiger partial charge in [0.05, 0.1) is 39.9 Å². The largest absolute Gasteiger partial charge is 0.472 e. The number of phosphoric ester groups is 1. The van der Waals surface area contributed by atoms with Crippen molar-refractivity contribution in [2.45, 2.75) is 315 Å². The predicted octanol–water partition coefficient (Wildman–Crippen LogP) is 17.8. The van der Waals surface area contributed by atoms with Crippen LogP contribution in [0.2, 0.25) is 0 Å². The zero-order valence-corrected chi connectivity index (χ0v) is 46.6. The molecule has 0 spiro atoms. The van der Waals surface area contributed by atoms with E-state index in [1.165, 1.54) is 244 Å². The number of phosphoric acid groups is 1. The first-order chi connectivity index (χ1) is 32.5. The molecule has 0 heterocycles. The van der Waals surface area contributed by atoms with E-state index in [2.05, 4.69) is 19.2 Å². The molecule has 3 N–H and O–H groups in total. The van der Waals surface area contributed by atoms with E-state index in [0.29, 0.717) is 17.4 Å². The molecule has 9 heteroatoms. The van der Waals surface area contributed by atoms with E-state index in [-0.39, 0.29) is 19.1 Å². The lowest BCUT2D eigenvalue weighted by molar-refractivity contribution is -0.870. The van der Waals surface area contributed by atoms with Gasteiger partial charge in [-0.15, -0.1) is 0 Å². The Kier molecular flexibility index (Phi) is 49.6. The summed E-state index contributed by atoms with van der Waals surface area (Å²) in [6, 6.07) is -0.840. The number of nitrogens with zero attached hydrogens (tertiary/aromatic N) is 1. The maximum absolute atomic E-state index is 12.9. The first-order valence-corrected chi connectivity index (χ1v) is 31.1. The number of unbranched alkanes of at least 4 members (excludes halogenated alkanes) is 42. The van der Waals surface area contributed by atoms with Crippen molar-refractivity contribution in [3.8, 4) is 0 Å². The monoisotopic (exact) mass is 970 g/mol. The molecule has 0 aliphatic carbocycles. The number of quaternary nitrogens is 1. The molecule has 67 heavy (non-hydrogen) atoms.